The van der Waals surface area contributed by atoms with Crippen LogP contribution in [0.25, 0.3) is 0 Å². The van der Waals surface area contributed by atoms with Crippen molar-refractivity contribution in [1.82, 2.24) is 9.29 Å². The third-order valence-corrected chi connectivity index (χ3v) is 6.29. The summed E-state index contributed by atoms with van der Waals surface area (Å²) in [7, 11) is -3.43. The van der Waals surface area contributed by atoms with Gasteiger partial charge in [-0.05, 0) is 43.7 Å². The van der Waals surface area contributed by atoms with Crippen LogP contribution in [-0.4, -0.2) is 37.3 Å². The summed E-state index contributed by atoms with van der Waals surface area (Å²) in [5, 5.41) is 3.04. The van der Waals surface area contributed by atoms with Gasteiger partial charge in [-0.2, -0.15) is 4.31 Å². The highest BCUT2D eigenvalue weighted by atomic mass is 32.2. The minimum absolute atomic E-state index is 0.307. The highest BCUT2D eigenvalue weighted by molar-refractivity contribution is 7.89. The van der Waals surface area contributed by atoms with Crippen LogP contribution in [0.15, 0.2) is 23.2 Å². The molecule has 0 radical (unpaired) electrons. The lowest BCUT2D eigenvalue weighted by molar-refractivity contribution is 0.445. The van der Waals surface area contributed by atoms with Gasteiger partial charge in [-0.25, -0.2) is 13.4 Å². The maximum atomic E-state index is 12.8. The molecule has 0 bridgehead atoms. The third-order valence-electron chi connectivity index (χ3n) is 4.43. The first-order valence-corrected chi connectivity index (χ1v) is 8.76. The van der Waals surface area contributed by atoms with Gasteiger partial charge >= 0.3 is 0 Å². The summed E-state index contributed by atoms with van der Waals surface area (Å²) in [5.74, 6) is 1.58. The van der Waals surface area contributed by atoms with E-state index in [2.05, 4.69) is 10.3 Å². The Bertz CT molecular complexity index is 576. The van der Waals surface area contributed by atoms with Crippen molar-refractivity contribution in [3.05, 3.63) is 18.3 Å². The summed E-state index contributed by atoms with van der Waals surface area (Å²) < 4.78 is 27.3. The number of rotatable bonds is 4. The van der Waals surface area contributed by atoms with E-state index in [0.717, 1.165) is 0 Å². The number of sulfonamides is 1. The van der Waals surface area contributed by atoms with Gasteiger partial charge in [0.2, 0.25) is 10.0 Å². The van der Waals surface area contributed by atoms with E-state index in [1.165, 1.54) is 19.3 Å². The summed E-state index contributed by atoms with van der Waals surface area (Å²) >= 11 is 0. The van der Waals surface area contributed by atoms with Gasteiger partial charge in [-0.15, -0.1) is 0 Å². The van der Waals surface area contributed by atoms with Gasteiger partial charge < -0.3 is 5.32 Å². The quantitative estimate of drug-likeness (QED) is 0.922. The molecule has 5 nitrogen and oxygen atoms in total. The lowest BCUT2D eigenvalue weighted by atomic mass is 10.0. The predicted octanol–water partition coefficient (Wildman–Crippen LogP) is 1.93. The number of hydrogen-bond donors (Lipinski definition) is 1. The predicted molar refractivity (Wildman–Crippen MR) is 78.0 cm³/mol. The molecule has 1 saturated carbocycles. The van der Waals surface area contributed by atoms with Crippen LogP contribution < -0.4 is 5.32 Å². The molecule has 1 saturated heterocycles. The van der Waals surface area contributed by atoms with Gasteiger partial charge in [-0.3, -0.25) is 0 Å². The molecule has 0 spiro atoms. The fourth-order valence-corrected chi connectivity index (χ4v) is 5.10. The van der Waals surface area contributed by atoms with E-state index >= 15 is 0 Å². The van der Waals surface area contributed by atoms with Crippen molar-refractivity contribution in [3.63, 3.8) is 0 Å². The Hall–Kier alpha value is -1.14. The molecule has 1 N–H and O–H groups in total. The Morgan fingerprint density at radius 3 is 2.70 bits per heavy atom. The molecule has 2 heterocycles. The van der Waals surface area contributed by atoms with Gasteiger partial charge in [0.1, 0.15) is 10.7 Å². The molecule has 6 heteroatoms. The standard InChI is InChI=1S/C14H21N3O2S/c1-2-15-14-13(7-4-8-16-14)20(18,19)17-9-11-5-3-6-12(11)10-17/h4,7-8,11-12H,2-3,5-6,9-10H2,1H3,(H,15,16). The molecule has 3 rings (SSSR count). The summed E-state index contributed by atoms with van der Waals surface area (Å²) in [4.78, 5) is 4.47. The number of aromatic nitrogens is 1. The highest BCUT2D eigenvalue weighted by Gasteiger charge is 2.42. The smallest absolute Gasteiger partial charge is 0.246 e. The topological polar surface area (TPSA) is 62.3 Å². The van der Waals surface area contributed by atoms with Crippen molar-refractivity contribution >= 4 is 15.8 Å². The summed E-state index contributed by atoms with van der Waals surface area (Å²) in [6.45, 7) is 3.94. The molecule has 2 aliphatic rings. The van der Waals surface area contributed by atoms with E-state index in [1.54, 1.807) is 22.6 Å². The zero-order chi connectivity index (χ0) is 14.2. The molecule has 1 aromatic heterocycles. The maximum Gasteiger partial charge on any atom is 0.246 e. The monoisotopic (exact) mass is 295 g/mol. The summed E-state index contributed by atoms with van der Waals surface area (Å²) in [6, 6.07) is 3.33. The molecular weight excluding hydrogens is 274 g/mol. The van der Waals surface area contributed by atoms with E-state index in [4.69, 9.17) is 0 Å². The zero-order valence-corrected chi connectivity index (χ0v) is 12.6. The normalized spacial score (nSPS) is 26.6. The molecule has 110 valence electrons. The molecule has 2 atom stereocenters. The lowest BCUT2D eigenvalue weighted by Crippen LogP contribution is -2.30. The molecule has 0 amide bonds. The van der Waals surface area contributed by atoms with Crippen molar-refractivity contribution in [3.8, 4) is 0 Å². The van der Waals surface area contributed by atoms with Crippen molar-refractivity contribution < 1.29 is 8.42 Å². The number of anilines is 1. The number of nitrogens with one attached hydrogen (secondary N) is 1. The first-order chi connectivity index (χ1) is 9.63. The number of pyridine rings is 1. The second-order valence-corrected chi connectivity index (χ2v) is 7.56. The molecule has 2 unspecified atom stereocenters. The molecular formula is C14H21N3O2S. The number of nitrogens with zero attached hydrogens (tertiary/aromatic N) is 2. The van der Waals surface area contributed by atoms with Crippen LogP contribution in [0.1, 0.15) is 26.2 Å². The van der Waals surface area contributed by atoms with Crippen LogP contribution in [0.2, 0.25) is 0 Å². The molecule has 20 heavy (non-hydrogen) atoms. The first kappa shape index (κ1) is 13.8. The average Bonchev–Trinajstić information content (AvgIpc) is 3.00. The summed E-state index contributed by atoms with van der Waals surface area (Å²) in [6.07, 6.45) is 5.21. The van der Waals surface area contributed by atoms with Gasteiger partial charge in [0, 0.05) is 25.8 Å². The first-order valence-electron chi connectivity index (χ1n) is 7.32. The second kappa shape index (κ2) is 5.33. The molecule has 0 aromatic carbocycles. The summed E-state index contributed by atoms with van der Waals surface area (Å²) in [5.41, 5.74) is 0. The maximum absolute atomic E-state index is 12.8. The lowest BCUT2D eigenvalue weighted by Gasteiger charge is -2.19. The zero-order valence-electron chi connectivity index (χ0n) is 11.7. The fourth-order valence-electron chi connectivity index (χ4n) is 3.43. The van der Waals surface area contributed by atoms with E-state index < -0.39 is 10.0 Å². The van der Waals surface area contributed by atoms with Crippen LogP contribution in [0.4, 0.5) is 5.82 Å². The second-order valence-electron chi connectivity index (χ2n) is 5.65. The molecule has 1 aromatic rings. The Balaban J connectivity index is 1.89. The SMILES string of the molecule is CCNc1ncccc1S(=O)(=O)N1CC2CCCC2C1. The van der Waals surface area contributed by atoms with Crippen molar-refractivity contribution in [2.75, 3.05) is 25.0 Å². The van der Waals surface area contributed by atoms with Crippen LogP contribution in [0.5, 0.6) is 0 Å². The number of hydrogen-bond acceptors (Lipinski definition) is 4. The van der Waals surface area contributed by atoms with Crippen LogP contribution in [-0.2, 0) is 10.0 Å². The van der Waals surface area contributed by atoms with Crippen LogP contribution in [0, 0.1) is 11.8 Å². The molecule has 1 aliphatic heterocycles. The van der Waals surface area contributed by atoms with E-state index in [-0.39, 0.29) is 0 Å². The Kier molecular flexibility index (Phi) is 3.69. The van der Waals surface area contributed by atoms with E-state index in [1.807, 2.05) is 6.92 Å². The number of fused-ring (bicyclic) bond motifs is 1. The third kappa shape index (κ3) is 2.31. The van der Waals surface area contributed by atoms with Crippen LogP contribution in [0.3, 0.4) is 0 Å². The van der Waals surface area contributed by atoms with Crippen LogP contribution >= 0.6 is 0 Å². The Labute approximate surface area is 120 Å². The van der Waals surface area contributed by atoms with E-state index in [9.17, 15) is 8.42 Å². The van der Waals surface area contributed by atoms with Gasteiger partial charge in [0.25, 0.3) is 0 Å². The van der Waals surface area contributed by atoms with Crippen molar-refractivity contribution in [2.45, 2.75) is 31.1 Å². The minimum Gasteiger partial charge on any atom is -0.369 e. The Morgan fingerprint density at radius 1 is 1.35 bits per heavy atom. The minimum atomic E-state index is -3.43. The van der Waals surface area contributed by atoms with E-state index in [0.29, 0.717) is 42.2 Å². The van der Waals surface area contributed by atoms with Gasteiger partial charge in [0.05, 0.1) is 0 Å². The average molecular weight is 295 g/mol. The van der Waals surface area contributed by atoms with Gasteiger partial charge in [-0.1, -0.05) is 6.42 Å². The Morgan fingerprint density at radius 2 is 2.05 bits per heavy atom. The molecule has 1 aliphatic carbocycles. The largest absolute Gasteiger partial charge is 0.369 e. The van der Waals surface area contributed by atoms with Crippen molar-refractivity contribution in [1.29, 1.82) is 0 Å². The van der Waals surface area contributed by atoms with Gasteiger partial charge in [0.15, 0.2) is 0 Å². The highest BCUT2D eigenvalue weighted by Crippen LogP contribution is 2.40. The van der Waals surface area contributed by atoms with Crippen molar-refractivity contribution in [2.24, 2.45) is 11.8 Å². The molecule has 2 fully saturated rings. The fraction of sp³-hybridized carbons (Fsp3) is 0.643.